The van der Waals surface area contributed by atoms with Crippen LogP contribution in [0, 0.1) is 0 Å². The first-order chi connectivity index (χ1) is 15.9. The van der Waals surface area contributed by atoms with Crippen LogP contribution < -0.4 is 20.3 Å². The fraction of sp³-hybridized carbons (Fsp3) is 0.417. The van der Waals surface area contributed by atoms with Crippen LogP contribution in [0.4, 0.5) is 16.2 Å². The Kier molecular flexibility index (Phi) is 7.63. The van der Waals surface area contributed by atoms with Gasteiger partial charge in [-0.25, -0.2) is 9.69 Å². The molecule has 0 radical (unpaired) electrons. The second-order valence-corrected chi connectivity index (χ2v) is 9.10. The number of aryl methyl sites for hydroxylation is 1. The van der Waals surface area contributed by atoms with E-state index in [1.165, 1.54) is 0 Å². The number of nitrogens with zero attached hydrogens (tertiary/aromatic N) is 3. The van der Waals surface area contributed by atoms with Gasteiger partial charge in [0, 0.05) is 38.7 Å². The number of hydrogen-bond donors (Lipinski definition) is 1. The van der Waals surface area contributed by atoms with Crippen LogP contribution in [-0.4, -0.2) is 56.2 Å². The summed E-state index contributed by atoms with van der Waals surface area (Å²) in [5, 5.41) is 1.21. The first kappa shape index (κ1) is 23.7. The van der Waals surface area contributed by atoms with Gasteiger partial charge in [0.05, 0.1) is 28.0 Å². The van der Waals surface area contributed by atoms with Crippen molar-refractivity contribution >= 4 is 46.5 Å². The highest BCUT2D eigenvalue weighted by Gasteiger charge is 2.28. The summed E-state index contributed by atoms with van der Waals surface area (Å²) in [5.41, 5.74) is 7.86. The van der Waals surface area contributed by atoms with Crippen molar-refractivity contribution in [1.29, 1.82) is 0 Å². The number of unbranched alkanes of at least 4 members (excludes halogenated alkanes) is 1. The summed E-state index contributed by atoms with van der Waals surface area (Å²) in [6, 6.07) is 10.5. The van der Waals surface area contributed by atoms with E-state index in [4.69, 9.17) is 33.7 Å². The molecule has 0 saturated carbocycles. The second kappa shape index (κ2) is 10.6. The number of amides is 3. The summed E-state index contributed by atoms with van der Waals surface area (Å²) in [4.78, 5) is 29.5. The molecule has 9 heteroatoms. The normalized spacial score (nSPS) is 16.6. The number of benzene rings is 2. The summed E-state index contributed by atoms with van der Waals surface area (Å²) in [5.74, 6) is 0.367. The minimum absolute atomic E-state index is 0.273. The zero-order chi connectivity index (χ0) is 23.4. The highest BCUT2D eigenvalue weighted by atomic mass is 35.5. The Labute approximate surface area is 204 Å². The molecule has 3 amide bonds. The largest absolute Gasteiger partial charge is 0.494 e. The Balaban J connectivity index is 1.20. The molecule has 7 nitrogen and oxygen atoms in total. The number of urea groups is 1. The molecular formula is C24H28Cl2N4O3. The number of ether oxygens (including phenoxy) is 1. The Hall–Kier alpha value is -2.48. The monoisotopic (exact) mass is 490 g/mol. The van der Waals surface area contributed by atoms with Crippen molar-refractivity contribution in [3.63, 3.8) is 0 Å². The number of rotatable bonds is 7. The van der Waals surface area contributed by atoms with E-state index in [1.54, 1.807) is 6.07 Å². The third-order valence-corrected chi connectivity index (χ3v) is 6.97. The van der Waals surface area contributed by atoms with Crippen LogP contribution in [-0.2, 0) is 11.2 Å². The van der Waals surface area contributed by atoms with Gasteiger partial charge in [0.25, 0.3) is 0 Å². The number of anilines is 2. The molecule has 2 aromatic carbocycles. The van der Waals surface area contributed by atoms with Crippen LogP contribution >= 0.6 is 23.2 Å². The Bertz CT molecular complexity index is 1020. The van der Waals surface area contributed by atoms with Gasteiger partial charge in [-0.15, -0.1) is 0 Å². The highest BCUT2D eigenvalue weighted by molar-refractivity contribution is 6.43. The van der Waals surface area contributed by atoms with Crippen molar-refractivity contribution in [2.24, 2.45) is 5.73 Å². The number of carbonyl (C=O) groups excluding carboxylic acids is 2. The lowest BCUT2D eigenvalue weighted by Gasteiger charge is -2.36. The maximum atomic E-state index is 12.1. The maximum absolute atomic E-state index is 12.1. The molecule has 0 spiro atoms. The molecule has 0 bridgehead atoms. The molecule has 1 fully saturated rings. The first-order valence-corrected chi connectivity index (χ1v) is 12.0. The van der Waals surface area contributed by atoms with E-state index < -0.39 is 6.03 Å². The van der Waals surface area contributed by atoms with Crippen molar-refractivity contribution in [2.75, 3.05) is 49.1 Å². The van der Waals surface area contributed by atoms with Crippen molar-refractivity contribution in [1.82, 2.24) is 4.90 Å². The standard InChI is InChI=1S/C24H28Cl2N4O3/c25-19-4-3-5-20(23(19)26)29-13-11-28(12-14-29)10-1-2-15-33-18-8-6-17-7-9-22(31)30(24(27)32)21(17)16-18/h3-6,8,16H,1-2,7,9-15H2,(H2,27,32). The predicted octanol–water partition coefficient (Wildman–Crippen LogP) is 4.33. The van der Waals surface area contributed by atoms with Gasteiger partial charge in [-0.2, -0.15) is 0 Å². The molecule has 176 valence electrons. The molecule has 33 heavy (non-hydrogen) atoms. The smallest absolute Gasteiger partial charge is 0.326 e. The van der Waals surface area contributed by atoms with Crippen molar-refractivity contribution in [3.05, 3.63) is 52.0 Å². The van der Waals surface area contributed by atoms with Crippen LogP contribution in [0.2, 0.25) is 10.0 Å². The fourth-order valence-electron chi connectivity index (χ4n) is 4.36. The van der Waals surface area contributed by atoms with Crippen LogP contribution in [0.1, 0.15) is 24.8 Å². The Morgan fingerprint density at radius 2 is 1.79 bits per heavy atom. The topological polar surface area (TPSA) is 79.1 Å². The predicted molar refractivity (Wildman–Crippen MR) is 132 cm³/mol. The van der Waals surface area contributed by atoms with Crippen molar-refractivity contribution in [3.8, 4) is 5.75 Å². The molecule has 4 rings (SSSR count). The summed E-state index contributed by atoms with van der Waals surface area (Å²) in [6.45, 7) is 5.37. The zero-order valence-electron chi connectivity index (χ0n) is 18.4. The third-order valence-electron chi connectivity index (χ3n) is 6.16. The van der Waals surface area contributed by atoms with Gasteiger partial charge in [0.15, 0.2) is 0 Å². The lowest BCUT2D eigenvalue weighted by atomic mass is 10.0. The lowest BCUT2D eigenvalue weighted by Crippen LogP contribution is -2.46. The Morgan fingerprint density at radius 3 is 2.55 bits per heavy atom. The molecule has 2 aliphatic heterocycles. The van der Waals surface area contributed by atoms with Gasteiger partial charge < -0.3 is 15.4 Å². The molecule has 0 unspecified atom stereocenters. The molecule has 2 N–H and O–H groups in total. The number of carbonyl (C=O) groups is 2. The molecule has 2 aromatic rings. The van der Waals surface area contributed by atoms with Gasteiger partial charge in [-0.05, 0) is 49.6 Å². The van der Waals surface area contributed by atoms with E-state index in [1.807, 2.05) is 30.3 Å². The highest BCUT2D eigenvalue weighted by Crippen LogP contribution is 2.33. The van der Waals surface area contributed by atoms with Gasteiger partial charge in [-0.1, -0.05) is 35.3 Å². The molecule has 1 saturated heterocycles. The van der Waals surface area contributed by atoms with Crippen LogP contribution in [0.25, 0.3) is 0 Å². The van der Waals surface area contributed by atoms with E-state index in [9.17, 15) is 9.59 Å². The second-order valence-electron chi connectivity index (χ2n) is 8.32. The number of nitrogens with two attached hydrogens (primary N) is 1. The van der Waals surface area contributed by atoms with E-state index in [0.29, 0.717) is 34.5 Å². The number of halogens is 2. The summed E-state index contributed by atoms with van der Waals surface area (Å²) in [6.07, 6.45) is 2.83. The van der Waals surface area contributed by atoms with E-state index in [-0.39, 0.29) is 12.3 Å². The summed E-state index contributed by atoms with van der Waals surface area (Å²) >= 11 is 12.5. The number of piperazine rings is 1. The SMILES string of the molecule is NC(=O)N1C(=O)CCc2ccc(OCCCCN3CCN(c4cccc(Cl)c4Cl)CC3)cc21. The van der Waals surface area contributed by atoms with Crippen LogP contribution in [0.5, 0.6) is 5.75 Å². The van der Waals surface area contributed by atoms with Crippen molar-refractivity contribution < 1.29 is 14.3 Å². The molecule has 0 atom stereocenters. The zero-order valence-corrected chi connectivity index (χ0v) is 19.9. The average molecular weight is 491 g/mol. The minimum Gasteiger partial charge on any atom is -0.494 e. The molecule has 2 aliphatic rings. The molecular weight excluding hydrogens is 463 g/mol. The number of primary amides is 1. The maximum Gasteiger partial charge on any atom is 0.326 e. The summed E-state index contributed by atoms with van der Waals surface area (Å²) < 4.78 is 5.88. The van der Waals surface area contributed by atoms with E-state index in [2.05, 4.69) is 9.80 Å². The molecule has 2 heterocycles. The lowest BCUT2D eigenvalue weighted by molar-refractivity contribution is -0.118. The van der Waals surface area contributed by atoms with Gasteiger partial charge >= 0.3 is 6.03 Å². The van der Waals surface area contributed by atoms with Crippen LogP contribution in [0.15, 0.2) is 36.4 Å². The molecule has 0 aromatic heterocycles. The average Bonchev–Trinajstić information content (AvgIpc) is 2.80. The van der Waals surface area contributed by atoms with E-state index in [0.717, 1.165) is 61.7 Å². The Morgan fingerprint density at radius 1 is 1.00 bits per heavy atom. The van der Waals surface area contributed by atoms with Gasteiger partial charge in [0.2, 0.25) is 5.91 Å². The molecule has 0 aliphatic carbocycles. The van der Waals surface area contributed by atoms with Gasteiger partial charge in [0.1, 0.15) is 5.75 Å². The van der Waals surface area contributed by atoms with Crippen LogP contribution in [0.3, 0.4) is 0 Å². The summed E-state index contributed by atoms with van der Waals surface area (Å²) in [7, 11) is 0. The first-order valence-electron chi connectivity index (χ1n) is 11.2. The van der Waals surface area contributed by atoms with Crippen molar-refractivity contribution in [2.45, 2.75) is 25.7 Å². The fourth-order valence-corrected chi connectivity index (χ4v) is 4.77. The minimum atomic E-state index is -0.754. The number of fused-ring (bicyclic) bond motifs is 1. The number of hydrogen-bond acceptors (Lipinski definition) is 5. The number of imide groups is 1. The third kappa shape index (κ3) is 5.54. The van der Waals surface area contributed by atoms with E-state index >= 15 is 0 Å². The quantitative estimate of drug-likeness (QED) is 0.584. The van der Waals surface area contributed by atoms with Gasteiger partial charge in [-0.3, -0.25) is 9.69 Å².